The van der Waals surface area contributed by atoms with Crippen molar-refractivity contribution in [1.82, 2.24) is 0 Å². The Balaban J connectivity index is 1.96. The summed E-state index contributed by atoms with van der Waals surface area (Å²) >= 11 is 5.91. The zero-order chi connectivity index (χ0) is 13.0. The second-order valence-corrected chi connectivity index (χ2v) is 5.07. The zero-order valence-electron chi connectivity index (χ0n) is 10.4. The van der Waals surface area contributed by atoms with Crippen molar-refractivity contribution in [1.29, 1.82) is 5.26 Å². The molecule has 1 aromatic rings. The average molecular weight is 265 g/mol. The molecule has 0 radical (unpaired) electrons. The van der Waals surface area contributed by atoms with Crippen LogP contribution >= 0.6 is 11.6 Å². The fraction of sp³-hybridized carbons (Fsp3) is 0.500. The van der Waals surface area contributed by atoms with Gasteiger partial charge in [-0.05, 0) is 43.9 Å². The van der Waals surface area contributed by atoms with Crippen molar-refractivity contribution in [2.24, 2.45) is 0 Å². The van der Waals surface area contributed by atoms with Crippen LogP contribution < -0.4 is 5.32 Å². The molecule has 0 heterocycles. The van der Waals surface area contributed by atoms with Gasteiger partial charge in [0.1, 0.15) is 6.07 Å². The van der Waals surface area contributed by atoms with Crippen LogP contribution in [0.3, 0.4) is 0 Å². The van der Waals surface area contributed by atoms with Gasteiger partial charge in [0.2, 0.25) is 0 Å². The number of hydrogen-bond donors (Lipinski definition) is 1. The van der Waals surface area contributed by atoms with E-state index < -0.39 is 0 Å². The Morgan fingerprint density at radius 2 is 2.06 bits per heavy atom. The minimum atomic E-state index is 0.405. The number of methoxy groups -OCH3 is 1. The summed E-state index contributed by atoms with van der Waals surface area (Å²) in [6.07, 6.45) is 4.79. The molecule has 0 atom stereocenters. The lowest BCUT2D eigenvalue weighted by Crippen LogP contribution is -2.29. The first-order valence-corrected chi connectivity index (χ1v) is 6.59. The Hall–Kier alpha value is -1.24. The number of benzene rings is 1. The fourth-order valence-corrected chi connectivity index (χ4v) is 2.54. The van der Waals surface area contributed by atoms with Crippen LogP contribution in [0.15, 0.2) is 18.2 Å². The van der Waals surface area contributed by atoms with Crippen molar-refractivity contribution in [3.05, 3.63) is 28.8 Å². The number of nitrogens with one attached hydrogen (secondary N) is 1. The molecular formula is C14H17ClN2O. The highest BCUT2D eigenvalue weighted by molar-refractivity contribution is 6.31. The molecule has 1 fully saturated rings. The van der Waals surface area contributed by atoms with Crippen LogP contribution in [-0.4, -0.2) is 19.3 Å². The Morgan fingerprint density at radius 3 is 2.67 bits per heavy atom. The first kappa shape index (κ1) is 13.2. The maximum Gasteiger partial charge on any atom is 0.101 e. The van der Waals surface area contributed by atoms with Gasteiger partial charge in [-0.25, -0.2) is 0 Å². The van der Waals surface area contributed by atoms with E-state index in [9.17, 15) is 0 Å². The van der Waals surface area contributed by atoms with Crippen molar-refractivity contribution < 1.29 is 4.74 Å². The zero-order valence-corrected chi connectivity index (χ0v) is 11.2. The van der Waals surface area contributed by atoms with Gasteiger partial charge in [-0.2, -0.15) is 5.26 Å². The van der Waals surface area contributed by atoms with Gasteiger partial charge in [-0.15, -0.1) is 0 Å². The molecule has 1 saturated carbocycles. The number of hydrogen-bond acceptors (Lipinski definition) is 3. The topological polar surface area (TPSA) is 45.0 Å². The summed E-state index contributed by atoms with van der Waals surface area (Å²) in [6, 6.07) is 8.06. The normalized spacial score (nSPS) is 23.4. The predicted molar refractivity (Wildman–Crippen MR) is 72.8 cm³/mol. The Bertz CT molecular complexity index is 448. The summed E-state index contributed by atoms with van der Waals surface area (Å²) in [5, 5.41) is 12.9. The number of ether oxygens (including phenoxy) is 1. The molecule has 0 unspecified atom stereocenters. The number of nitriles is 1. The van der Waals surface area contributed by atoms with Crippen molar-refractivity contribution in [2.75, 3.05) is 12.4 Å². The summed E-state index contributed by atoms with van der Waals surface area (Å²) < 4.78 is 5.35. The molecule has 0 aromatic heterocycles. The highest BCUT2D eigenvalue weighted by atomic mass is 35.5. The van der Waals surface area contributed by atoms with E-state index in [1.54, 1.807) is 13.2 Å². The maximum absolute atomic E-state index is 8.94. The van der Waals surface area contributed by atoms with Crippen LogP contribution in [-0.2, 0) is 4.74 Å². The Kier molecular flexibility index (Phi) is 4.46. The summed E-state index contributed by atoms with van der Waals surface area (Å²) in [7, 11) is 1.77. The molecule has 0 bridgehead atoms. The van der Waals surface area contributed by atoms with E-state index in [0.717, 1.165) is 31.4 Å². The molecular weight excluding hydrogens is 248 g/mol. The van der Waals surface area contributed by atoms with Crippen LogP contribution in [0.4, 0.5) is 5.69 Å². The lowest BCUT2D eigenvalue weighted by Gasteiger charge is -2.29. The summed E-state index contributed by atoms with van der Waals surface area (Å²) in [5.41, 5.74) is 1.49. The van der Waals surface area contributed by atoms with Crippen molar-refractivity contribution in [3.63, 3.8) is 0 Å². The largest absolute Gasteiger partial charge is 0.382 e. The van der Waals surface area contributed by atoms with Crippen LogP contribution in [0, 0.1) is 11.3 Å². The van der Waals surface area contributed by atoms with Gasteiger partial charge in [0.25, 0.3) is 0 Å². The molecule has 2 rings (SSSR count). The molecule has 0 spiro atoms. The lowest BCUT2D eigenvalue weighted by atomic mass is 9.93. The van der Waals surface area contributed by atoms with E-state index in [-0.39, 0.29) is 0 Å². The monoisotopic (exact) mass is 264 g/mol. The van der Waals surface area contributed by atoms with Gasteiger partial charge in [0.15, 0.2) is 0 Å². The molecule has 1 N–H and O–H groups in total. The van der Waals surface area contributed by atoms with E-state index in [0.29, 0.717) is 22.7 Å². The molecule has 4 heteroatoms. The standard InChI is InChI=1S/C14H17ClN2O/c1-18-13-5-2-11(3-6-13)17-12-4-7-14(15)10(8-12)9-16/h4,7-8,11,13,17H,2-3,5-6H2,1H3. The quantitative estimate of drug-likeness (QED) is 0.908. The number of anilines is 1. The van der Waals surface area contributed by atoms with Gasteiger partial charge >= 0.3 is 0 Å². The molecule has 3 nitrogen and oxygen atoms in total. The molecule has 96 valence electrons. The van der Waals surface area contributed by atoms with Crippen molar-refractivity contribution in [2.45, 2.75) is 37.8 Å². The highest BCUT2D eigenvalue weighted by Crippen LogP contribution is 2.25. The Morgan fingerprint density at radius 1 is 1.33 bits per heavy atom. The van der Waals surface area contributed by atoms with Gasteiger partial charge in [0.05, 0.1) is 16.7 Å². The third-order valence-corrected chi connectivity index (χ3v) is 3.79. The van der Waals surface area contributed by atoms with Crippen LogP contribution in [0.25, 0.3) is 0 Å². The molecule has 1 aliphatic carbocycles. The van der Waals surface area contributed by atoms with E-state index >= 15 is 0 Å². The summed E-state index contributed by atoms with van der Waals surface area (Å²) in [6.45, 7) is 0. The summed E-state index contributed by atoms with van der Waals surface area (Å²) in [4.78, 5) is 0. The van der Waals surface area contributed by atoms with Gasteiger partial charge < -0.3 is 10.1 Å². The number of nitrogens with zero attached hydrogens (tertiary/aromatic N) is 1. The molecule has 0 amide bonds. The van der Waals surface area contributed by atoms with Gasteiger partial charge in [0, 0.05) is 18.8 Å². The first-order valence-electron chi connectivity index (χ1n) is 6.22. The number of rotatable bonds is 3. The second kappa shape index (κ2) is 6.08. The molecule has 1 aliphatic rings. The minimum Gasteiger partial charge on any atom is -0.382 e. The smallest absolute Gasteiger partial charge is 0.101 e. The maximum atomic E-state index is 8.94. The third kappa shape index (κ3) is 3.16. The predicted octanol–water partition coefficient (Wildman–Crippen LogP) is 3.58. The number of halogens is 1. The highest BCUT2D eigenvalue weighted by Gasteiger charge is 2.20. The molecule has 18 heavy (non-hydrogen) atoms. The van der Waals surface area contributed by atoms with Crippen LogP contribution in [0.5, 0.6) is 0 Å². The van der Waals surface area contributed by atoms with E-state index in [1.165, 1.54) is 0 Å². The molecule has 0 saturated heterocycles. The van der Waals surface area contributed by atoms with Crippen molar-refractivity contribution in [3.8, 4) is 6.07 Å². The first-order chi connectivity index (χ1) is 8.72. The Labute approximate surface area is 113 Å². The van der Waals surface area contributed by atoms with Gasteiger partial charge in [-0.1, -0.05) is 11.6 Å². The van der Waals surface area contributed by atoms with Crippen LogP contribution in [0.2, 0.25) is 5.02 Å². The van der Waals surface area contributed by atoms with E-state index in [4.69, 9.17) is 21.6 Å². The lowest BCUT2D eigenvalue weighted by molar-refractivity contribution is 0.0682. The fourth-order valence-electron chi connectivity index (χ4n) is 2.38. The molecule has 0 aliphatic heterocycles. The van der Waals surface area contributed by atoms with Crippen molar-refractivity contribution >= 4 is 17.3 Å². The average Bonchev–Trinajstić information content (AvgIpc) is 2.42. The van der Waals surface area contributed by atoms with E-state index in [2.05, 4.69) is 11.4 Å². The van der Waals surface area contributed by atoms with E-state index in [1.807, 2.05) is 12.1 Å². The third-order valence-electron chi connectivity index (χ3n) is 3.47. The SMILES string of the molecule is COC1CCC(Nc2ccc(Cl)c(C#N)c2)CC1. The minimum absolute atomic E-state index is 0.405. The van der Waals surface area contributed by atoms with Gasteiger partial charge in [-0.3, -0.25) is 0 Å². The second-order valence-electron chi connectivity index (χ2n) is 4.66. The summed E-state index contributed by atoms with van der Waals surface area (Å²) in [5.74, 6) is 0. The van der Waals surface area contributed by atoms with Crippen LogP contribution in [0.1, 0.15) is 31.2 Å². The molecule has 1 aromatic carbocycles.